The van der Waals surface area contributed by atoms with E-state index in [1.54, 1.807) is 0 Å². The van der Waals surface area contributed by atoms with E-state index < -0.39 is 42.3 Å². The number of nitrogens with zero attached hydrogens (tertiary/aromatic N) is 3. The van der Waals surface area contributed by atoms with Crippen molar-refractivity contribution in [2.24, 2.45) is 0 Å². The molecule has 1 fully saturated rings. The van der Waals surface area contributed by atoms with Crippen LogP contribution in [0, 0.1) is 0 Å². The molecule has 154 valence electrons. The standard InChI is InChI=1S/C19H21N3O7/c1-11(23)27-16-10-26-17(19(29-13(3)25)18(16)28-12(2)24)15-9-20-22(21-15)14-7-5-4-6-8-14/h4-9,16-19H,10H2,1-3H3/t16-,17+,18+,19-/m1/s1. The molecule has 10 heteroatoms. The Bertz CT molecular complexity index is 883. The highest BCUT2D eigenvalue weighted by Crippen LogP contribution is 2.33. The molecule has 3 rings (SSSR count). The van der Waals surface area contributed by atoms with E-state index in [0.29, 0.717) is 5.69 Å². The largest absolute Gasteiger partial charge is 0.456 e. The molecule has 0 N–H and O–H groups in total. The van der Waals surface area contributed by atoms with Crippen LogP contribution in [0.5, 0.6) is 0 Å². The van der Waals surface area contributed by atoms with Crippen molar-refractivity contribution >= 4 is 17.9 Å². The predicted octanol–water partition coefficient (Wildman–Crippen LogP) is 1.13. The fourth-order valence-corrected chi connectivity index (χ4v) is 3.09. The zero-order chi connectivity index (χ0) is 21.0. The van der Waals surface area contributed by atoms with Crippen molar-refractivity contribution < 1.29 is 33.3 Å². The van der Waals surface area contributed by atoms with Gasteiger partial charge >= 0.3 is 17.9 Å². The number of aromatic nitrogens is 3. The van der Waals surface area contributed by atoms with Crippen LogP contribution in [0.2, 0.25) is 0 Å². The minimum absolute atomic E-state index is 0.0713. The summed E-state index contributed by atoms with van der Waals surface area (Å²) < 4.78 is 21.7. The average molecular weight is 403 g/mol. The van der Waals surface area contributed by atoms with Crippen molar-refractivity contribution in [3.63, 3.8) is 0 Å². The minimum atomic E-state index is -1.07. The van der Waals surface area contributed by atoms with Crippen molar-refractivity contribution in [1.29, 1.82) is 0 Å². The Hall–Kier alpha value is -3.27. The first-order chi connectivity index (χ1) is 13.8. The number of para-hydroxylation sites is 1. The van der Waals surface area contributed by atoms with Crippen LogP contribution in [0.4, 0.5) is 0 Å². The number of carbonyl (C=O) groups is 3. The smallest absolute Gasteiger partial charge is 0.303 e. The molecule has 0 unspecified atom stereocenters. The molecule has 1 aliphatic heterocycles. The van der Waals surface area contributed by atoms with Crippen LogP contribution in [0.25, 0.3) is 5.69 Å². The number of rotatable bonds is 5. The third kappa shape index (κ3) is 4.96. The number of hydrogen-bond donors (Lipinski definition) is 0. The maximum absolute atomic E-state index is 11.7. The summed E-state index contributed by atoms with van der Waals surface area (Å²) in [5.41, 5.74) is 1.10. The molecule has 10 nitrogen and oxygen atoms in total. The lowest BCUT2D eigenvalue weighted by Crippen LogP contribution is -2.54. The van der Waals surface area contributed by atoms with Crippen molar-refractivity contribution in [2.75, 3.05) is 6.61 Å². The van der Waals surface area contributed by atoms with E-state index in [2.05, 4.69) is 10.2 Å². The summed E-state index contributed by atoms with van der Waals surface area (Å²) in [6.07, 6.45) is -2.45. The molecular formula is C19H21N3O7. The Morgan fingerprint density at radius 3 is 2.21 bits per heavy atom. The predicted molar refractivity (Wildman–Crippen MR) is 96.7 cm³/mol. The molecule has 1 saturated heterocycles. The average Bonchev–Trinajstić information content (AvgIpc) is 3.14. The SMILES string of the molecule is CC(=O)O[C@@H]1[C@H](OC(C)=O)[C@H](c2cnn(-c3ccccc3)n2)OC[C@H]1OC(C)=O. The Balaban J connectivity index is 1.92. The van der Waals surface area contributed by atoms with Crippen LogP contribution in [0.3, 0.4) is 0 Å². The maximum atomic E-state index is 11.7. The molecule has 0 radical (unpaired) electrons. The van der Waals surface area contributed by atoms with Gasteiger partial charge in [-0.15, -0.1) is 0 Å². The molecule has 0 bridgehead atoms. The van der Waals surface area contributed by atoms with Gasteiger partial charge in [0.2, 0.25) is 0 Å². The number of esters is 3. The molecule has 0 saturated carbocycles. The summed E-state index contributed by atoms with van der Waals surface area (Å²) >= 11 is 0. The molecule has 1 aromatic heterocycles. The number of ether oxygens (including phenoxy) is 4. The number of benzene rings is 1. The molecule has 2 aromatic rings. The van der Waals surface area contributed by atoms with Crippen LogP contribution < -0.4 is 0 Å². The molecular weight excluding hydrogens is 382 g/mol. The molecule has 1 aliphatic rings. The lowest BCUT2D eigenvalue weighted by atomic mass is 9.97. The van der Waals surface area contributed by atoms with Crippen LogP contribution in [0.1, 0.15) is 32.6 Å². The van der Waals surface area contributed by atoms with Gasteiger partial charge in [0.25, 0.3) is 0 Å². The minimum Gasteiger partial charge on any atom is -0.456 e. The van der Waals surface area contributed by atoms with Crippen molar-refractivity contribution in [3.8, 4) is 5.69 Å². The van der Waals surface area contributed by atoms with Crippen LogP contribution in [-0.2, 0) is 33.3 Å². The Morgan fingerprint density at radius 1 is 0.966 bits per heavy atom. The van der Waals surface area contributed by atoms with Crippen LogP contribution in [-0.4, -0.2) is 57.8 Å². The first-order valence-corrected chi connectivity index (χ1v) is 8.96. The number of hydrogen-bond acceptors (Lipinski definition) is 9. The summed E-state index contributed by atoms with van der Waals surface area (Å²) in [5.74, 6) is -1.80. The van der Waals surface area contributed by atoms with Gasteiger partial charge in [-0.3, -0.25) is 14.4 Å². The summed E-state index contributed by atoms with van der Waals surface area (Å²) in [4.78, 5) is 36.2. The van der Waals surface area contributed by atoms with Gasteiger partial charge in [-0.2, -0.15) is 15.0 Å². The molecule has 1 aromatic carbocycles. The van der Waals surface area contributed by atoms with Gasteiger partial charge in [0, 0.05) is 20.8 Å². The number of carbonyl (C=O) groups excluding carboxylic acids is 3. The van der Waals surface area contributed by atoms with Gasteiger partial charge in [-0.25, -0.2) is 0 Å². The normalized spacial score (nSPS) is 23.8. The second-order valence-corrected chi connectivity index (χ2v) is 6.44. The Morgan fingerprint density at radius 2 is 1.59 bits per heavy atom. The highest BCUT2D eigenvalue weighted by Gasteiger charge is 2.48. The summed E-state index contributed by atoms with van der Waals surface area (Å²) in [6.45, 7) is 3.59. The van der Waals surface area contributed by atoms with E-state index in [4.69, 9.17) is 18.9 Å². The zero-order valence-corrected chi connectivity index (χ0v) is 16.2. The van der Waals surface area contributed by atoms with E-state index in [-0.39, 0.29) is 6.61 Å². The van der Waals surface area contributed by atoms with Crippen molar-refractivity contribution in [2.45, 2.75) is 45.2 Å². The highest BCUT2D eigenvalue weighted by atomic mass is 16.6. The van der Waals surface area contributed by atoms with E-state index in [1.807, 2.05) is 30.3 Å². The van der Waals surface area contributed by atoms with E-state index in [0.717, 1.165) is 5.69 Å². The first-order valence-electron chi connectivity index (χ1n) is 8.96. The van der Waals surface area contributed by atoms with Crippen molar-refractivity contribution in [3.05, 3.63) is 42.2 Å². The van der Waals surface area contributed by atoms with Gasteiger partial charge in [-0.1, -0.05) is 18.2 Å². The van der Waals surface area contributed by atoms with Gasteiger partial charge in [0.15, 0.2) is 18.3 Å². The zero-order valence-electron chi connectivity index (χ0n) is 16.2. The Labute approximate surface area is 166 Å². The maximum Gasteiger partial charge on any atom is 0.303 e. The summed E-state index contributed by atoms with van der Waals surface area (Å²) in [6, 6.07) is 9.21. The topological polar surface area (TPSA) is 119 Å². The quantitative estimate of drug-likeness (QED) is 0.534. The van der Waals surface area contributed by atoms with Crippen LogP contribution in [0.15, 0.2) is 36.5 Å². The fraction of sp³-hybridized carbons (Fsp3) is 0.421. The summed E-state index contributed by atoms with van der Waals surface area (Å²) in [5, 5.41) is 8.62. The van der Waals surface area contributed by atoms with E-state index in [9.17, 15) is 14.4 Å². The fourth-order valence-electron chi connectivity index (χ4n) is 3.09. The van der Waals surface area contributed by atoms with Crippen molar-refractivity contribution in [1.82, 2.24) is 15.0 Å². The summed E-state index contributed by atoms with van der Waals surface area (Å²) in [7, 11) is 0. The third-order valence-corrected chi connectivity index (χ3v) is 4.14. The molecule has 0 spiro atoms. The molecule has 2 heterocycles. The molecule has 29 heavy (non-hydrogen) atoms. The van der Waals surface area contributed by atoms with Crippen LogP contribution >= 0.6 is 0 Å². The lowest BCUT2D eigenvalue weighted by Gasteiger charge is -2.39. The van der Waals surface area contributed by atoms with Gasteiger partial charge < -0.3 is 18.9 Å². The van der Waals surface area contributed by atoms with E-state index in [1.165, 1.54) is 31.8 Å². The molecule has 0 aliphatic carbocycles. The second kappa shape index (κ2) is 8.82. The highest BCUT2D eigenvalue weighted by molar-refractivity contribution is 5.68. The lowest BCUT2D eigenvalue weighted by molar-refractivity contribution is -0.227. The third-order valence-electron chi connectivity index (χ3n) is 4.14. The molecule has 4 atom stereocenters. The molecule has 0 amide bonds. The monoisotopic (exact) mass is 403 g/mol. The van der Waals surface area contributed by atoms with Gasteiger partial charge in [-0.05, 0) is 12.1 Å². The first kappa shape index (κ1) is 20.5. The van der Waals surface area contributed by atoms with Gasteiger partial charge in [0.05, 0.1) is 18.5 Å². The van der Waals surface area contributed by atoms with Gasteiger partial charge in [0.1, 0.15) is 11.8 Å². The Kier molecular flexibility index (Phi) is 6.23. The second-order valence-electron chi connectivity index (χ2n) is 6.44. The van der Waals surface area contributed by atoms with E-state index >= 15 is 0 Å².